The lowest BCUT2D eigenvalue weighted by Gasteiger charge is -2.27. The molecule has 0 bridgehead atoms. The first kappa shape index (κ1) is 20.0. The standard InChI is InChI=1S/C23H30N2OS/c1-18(2)16-21(24-27-20-12-4-3-5-13-20)23(26)17-25-15-9-8-11-19-10-6-7-14-22(19)25/h3-7,10,12-14,18,21,24H,8-9,11,15-17H2,1-2H3. The molecule has 1 atom stereocenters. The summed E-state index contributed by atoms with van der Waals surface area (Å²) < 4.78 is 3.44. The van der Waals surface area contributed by atoms with Crippen LogP contribution in [0.5, 0.6) is 0 Å². The van der Waals surface area contributed by atoms with Gasteiger partial charge in [-0.1, -0.05) is 50.2 Å². The largest absolute Gasteiger partial charge is 0.364 e. The second-order valence-electron chi connectivity index (χ2n) is 7.69. The van der Waals surface area contributed by atoms with Gasteiger partial charge in [-0.3, -0.25) is 4.79 Å². The Hall–Kier alpha value is -1.78. The number of carbonyl (C=O) groups excluding carboxylic acids is 1. The summed E-state index contributed by atoms with van der Waals surface area (Å²) in [4.78, 5) is 16.6. The molecule has 1 heterocycles. The van der Waals surface area contributed by atoms with Gasteiger partial charge in [0.1, 0.15) is 0 Å². The van der Waals surface area contributed by atoms with Gasteiger partial charge in [-0.25, -0.2) is 4.72 Å². The van der Waals surface area contributed by atoms with Crippen LogP contribution >= 0.6 is 11.9 Å². The third-order valence-electron chi connectivity index (χ3n) is 4.96. The van der Waals surface area contributed by atoms with Crippen molar-refractivity contribution in [3.05, 3.63) is 60.2 Å². The van der Waals surface area contributed by atoms with Crippen LogP contribution in [-0.2, 0) is 11.2 Å². The lowest BCUT2D eigenvalue weighted by atomic mass is 10.0. The Morgan fingerprint density at radius 1 is 1.07 bits per heavy atom. The molecular formula is C23H30N2OS. The minimum Gasteiger partial charge on any atom is -0.364 e. The van der Waals surface area contributed by atoms with E-state index in [1.165, 1.54) is 17.7 Å². The van der Waals surface area contributed by atoms with Crippen LogP contribution in [0.4, 0.5) is 5.69 Å². The van der Waals surface area contributed by atoms with Gasteiger partial charge in [0.25, 0.3) is 0 Å². The Balaban J connectivity index is 1.68. The fraction of sp³-hybridized carbons (Fsp3) is 0.435. The molecule has 0 amide bonds. The van der Waals surface area contributed by atoms with Crippen LogP contribution < -0.4 is 9.62 Å². The van der Waals surface area contributed by atoms with Gasteiger partial charge in [0.05, 0.1) is 12.6 Å². The van der Waals surface area contributed by atoms with Crippen molar-refractivity contribution in [2.45, 2.75) is 50.5 Å². The first-order valence-electron chi connectivity index (χ1n) is 9.96. The van der Waals surface area contributed by atoms with E-state index in [1.807, 2.05) is 18.2 Å². The van der Waals surface area contributed by atoms with Gasteiger partial charge in [0.2, 0.25) is 0 Å². The van der Waals surface area contributed by atoms with Crippen LogP contribution in [0.1, 0.15) is 38.7 Å². The molecule has 0 aromatic heterocycles. The van der Waals surface area contributed by atoms with Crippen molar-refractivity contribution in [3.63, 3.8) is 0 Å². The van der Waals surface area contributed by atoms with Gasteiger partial charge in [0.15, 0.2) is 5.78 Å². The molecule has 2 aromatic rings. The average molecular weight is 383 g/mol. The Labute approximate surface area is 167 Å². The summed E-state index contributed by atoms with van der Waals surface area (Å²) in [6, 6.07) is 18.6. The van der Waals surface area contributed by atoms with Crippen molar-refractivity contribution in [2.75, 3.05) is 18.0 Å². The zero-order chi connectivity index (χ0) is 19.1. The van der Waals surface area contributed by atoms with Crippen LogP contribution in [-0.4, -0.2) is 24.9 Å². The topological polar surface area (TPSA) is 32.3 Å². The maximum atomic E-state index is 13.2. The molecule has 3 nitrogen and oxygen atoms in total. The second-order valence-corrected chi connectivity index (χ2v) is 8.60. The maximum Gasteiger partial charge on any atom is 0.169 e. The normalized spacial score (nSPS) is 15.3. The van der Waals surface area contributed by atoms with Gasteiger partial charge in [0, 0.05) is 17.1 Å². The van der Waals surface area contributed by atoms with Crippen molar-refractivity contribution in [2.24, 2.45) is 5.92 Å². The van der Waals surface area contributed by atoms with E-state index in [-0.39, 0.29) is 11.8 Å². The highest BCUT2D eigenvalue weighted by Gasteiger charge is 2.24. The molecule has 0 spiro atoms. The summed E-state index contributed by atoms with van der Waals surface area (Å²) in [6.45, 7) is 5.80. The van der Waals surface area contributed by atoms with E-state index < -0.39 is 0 Å². The quantitative estimate of drug-likeness (QED) is 0.643. The summed E-state index contributed by atoms with van der Waals surface area (Å²) in [6.07, 6.45) is 4.30. The Morgan fingerprint density at radius 3 is 2.59 bits per heavy atom. The van der Waals surface area contributed by atoms with Crippen LogP contribution in [0.3, 0.4) is 0 Å². The van der Waals surface area contributed by atoms with Gasteiger partial charge in [-0.15, -0.1) is 0 Å². The number of nitrogens with zero attached hydrogens (tertiary/aromatic N) is 1. The molecular weight excluding hydrogens is 352 g/mol. The van der Waals surface area contributed by atoms with Crippen molar-refractivity contribution in [3.8, 4) is 0 Å². The molecule has 1 aliphatic heterocycles. The van der Waals surface area contributed by atoms with Crippen LogP contribution in [0.25, 0.3) is 0 Å². The summed E-state index contributed by atoms with van der Waals surface area (Å²) >= 11 is 1.56. The number of carbonyl (C=O) groups is 1. The van der Waals surface area contributed by atoms with Crippen molar-refractivity contribution in [1.29, 1.82) is 0 Å². The van der Waals surface area contributed by atoms with E-state index in [0.29, 0.717) is 12.5 Å². The van der Waals surface area contributed by atoms with Gasteiger partial charge < -0.3 is 4.90 Å². The monoisotopic (exact) mass is 382 g/mol. The molecule has 0 fully saturated rings. The van der Waals surface area contributed by atoms with Crippen molar-refractivity contribution >= 4 is 23.4 Å². The van der Waals surface area contributed by atoms with Gasteiger partial charge >= 0.3 is 0 Å². The Kier molecular flexibility index (Phi) is 7.36. The van der Waals surface area contributed by atoms with E-state index in [4.69, 9.17) is 0 Å². The van der Waals surface area contributed by atoms with Crippen LogP contribution in [0.15, 0.2) is 59.5 Å². The summed E-state index contributed by atoms with van der Waals surface area (Å²) in [5.41, 5.74) is 2.61. The number of Topliss-reactive ketones (excluding diaryl/α,β-unsaturated/α-hetero) is 1. The number of hydrogen-bond acceptors (Lipinski definition) is 4. The molecule has 3 rings (SSSR count). The van der Waals surface area contributed by atoms with Crippen molar-refractivity contribution in [1.82, 2.24) is 4.72 Å². The number of fused-ring (bicyclic) bond motifs is 1. The first-order chi connectivity index (χ1) is 13.1. The minimum absolute atomic E-state index is 0.134. The molecule has 4 heteroatoms. The predicted octanol–water partition coefficient (Wildman–Crippen LogP) is 5.11. The average Bonchev–Trinajstić information content (AvgIpc) is 2.88. The van der Waals surface area contributed by atoms with E-state index in [1.54, 1.807) is 11.9 Å². The number of hydrogen-bond donors (Lipinski definition) is 1. The molecule has 1 N–H and O–H groups in total. The number of aryl methyl sites for hydroxylation is 1. The first-order valence-corrected chi connectivity index (χ1v) is 10.8. The Bertz CT molecular complexity index is 732. The number of para-hydroxylation sites is 1. The third kappa shape index (κ3) is 5.85. The number of nitrogens with one attached hydrogen (secondary N) is 1. The smallest absolute Gasteiger partial charge is 0.169 e. The van der Waals surface area contributed by atoms with Gasteiger partial charge in [-0.2, -0.15) is 0 Å². The molecule has 0 saturated carbocycles. The molecule has 27 heavy (non-hydrogen) atoms. The lowest BCUT2D eigenvalue weighted by molar-refractivity contribution is -0.119. The highest BCUT2D eigenvalue weighted by atomic mass is 32.2. The fourth-order valence-corrected chi connectivity index (χ4v) is 4.38. The molecule has 0 saturated heterocycles. The van der Waals surface area contributed by atoms with Gasteiger partial charge in [-0.05, 0) is 67.3 Å². The molecule has 2 aromatic carbocycles. The second kappa shape index (κ2) is 9.95. The zero-order valence-corrected chi connectivity index (χ0v) is 17.2. The van der Waals surface area contributed by atoms with E-state index >= 15 is 0 Å². The predicted molar refractivity (Wildman–Crippen MR) is 115 cm³/mol. The van der Waals surface area contributed by atoms with Crippen molar-refractivity contribution < 1.29 is 4.79 Å². The lowest BCUT2D eigenvalue weighted by Crippen LogP contribution is -2.42. The van der Waals surface area contributed by atoms with E-state index in [2.05, 4.69) is 59.9 Å². The zero-order valence-electron chi connectivity index (χ0n) is 16.4. The fourth-order valence-electron chi connectivity index (χ4n) is 3.58. The summed E-state index contributed by atoms with van der Waals surface area (Å²) in [5.74, 6) is 0.753. The molecule has 1 unspecified atom stereocenters. The SMILES string of the molecule is CC(C)CC(NSc1ccccc1)C(=O)CN1CCCCc2ccccc21. The number of ketones is 1. The number of rotatable bonds is 8. The maximum absolute atomic E-state index is 13.2. The number of benzene rings is 2. The number of anilines is 1. The molecule has 144 valence electrons. The van der Waals surface area contributed by atoms with Crippen LogP contribution in [0.2, 0.25) is 0 Å². The van der Waals surface area contributed by atoms with Crippen LogP contribution in [0, 0.1) is 5.92 Å². The summed E-state index contributed by atoms with van der Waals surface area (Å²) in [7, 11) is 0. The molecule has 0 aliphatic carbocycles. The third-order valence-corrected chi connectivity index (χ3v) is 5.87. The molecule has 1 aliphatic rings. The van der Waals surface area contributed by atoms with E-state index in [0.717, 1.165) is 30.7 Å². The minimum atomic E-state index is -0.134. The highest BCUT2D eigenvalue weighted by molar-refractivity contribution is 7.97. The molecule has 0 radical (unpaired) electrons. The highest BCUT2D eigenvalue weighted by Crippen LogP contribution is 2.26. The summed E-state index contributed by atoms with van der Waals surface area (Å²) in [5, 5.41) is 0. The van der Waals surface area contributed by atoms with E-state index in [9.17, 15) is 4.79 Å². The Morgan fingerprint density at radius 2 is 1.81 bits per heavy atom.